The summed E-state index contributed by atoms with van der Waals surface area (Å²) in [5.74, 6) is -0.259. The number of aryl methyl sites for hydroxylation is 1. The number of nitrogens with zero attached hydrogens (tertiary/aromatic N) is 3. The normalized spacial score (nSPS) is 11.0. The van der Waals surface area contributed by atoms with Crippen LogP contribution in [0.3, 0.4) is 0 Å². The molecule has 2 amide bonds. The summed E-state index contributed by atoms with van der Waals surface area (Å²) in [5.41, 5.74) is 0. The molecule has 27 heavy (non-hydrogen) atoms. The summed E-state index contributed by atoms with van der Waals surface area (Å²) in [5, 5.41) is 19.2. The van der Waals surface area contributed by atoms with Gasteiger partial charge in [-0.3, -0.25) is 9.59 Å². The van der Waals surface area contributed by atoms with Gasteiger partial charge in [0.05, 0.1) is 0 Å². The summed E-state index contributed by atoms with van der Waals surface area (Å²) in [7, 11) is 0. The molecule has 0 aliphatic rings. The molecular formula is C19H34N6O2. The Labute approximate surface area is 162 Å². The van der Waals surface area contributed by atoms with Crippen LogP contribution in [0.5, 0.6) is 0 Å². The lowest BCUT2D eigenvalue weighted by Gasteiger charge is -2.05. The second-order valence-electron chi connectivity index (χ2n) is 6.61. The number of amides is 2. The maximum absolute atomic E-state index is 11.5. The summed E-state index contributed by atoms with van der Waals surface area (Å²) in [6.07, 6.45) is 15.9. The molecule has 0 unspecified atom stereocenters. The molecule has 0 spiro atoms. The molecule has 0 radical (unpaired) electrons. The first-order chi connectivity index (χ1) is 13.2. The van der Waals surface area contributed by atoms with Crippen molar-refractivity contribution in [2.24, 2.45) is 0 Å². The fourth-order valence-electron chi connectivity index (χ4n) is 2.55. The molecule has 0 atom stereocenters. The van der Waals surface area contributed by atoms with Gasteiger partial charge in [-0.15, -0.1) is 10.2 Å². The molecule has 1 aromatic heterocycles. The molecule has 1 rings (SSSR count). The van der Waals surface area contributed by atoms with Crippen LogP contribution in [0.25, 0.3) is 0 Å². The minimum atomic E-state index is -0.527. The fraction of sp³-hybridized carbons (Fsp3) is 0.737. The first kappa shape index (κ1) is 22.8. The highest BCUT2D eigenvalue weighted by molar-refractivity contribution is 6.35. The van der Waals surface area contributed by atoms with Gasteiger partial charge in [-0.1, -0.05) is 43.6 Å². The highest BCUT2D eigenvalue weighted by Crippen LogP contribution is 2.06. The Hall–Kier alpha value is -2.25. The fourth-order valence-corrected chi connectivity index (χ4v) is 2.55. The zero-order valence-electron chi connectivity index (χ0n) is 16.5. The molecule has 3 N–H and O–H groups in total. The van der Waals surface area contributed by atoms with Crippen molar-refractivity contribution in [3.05, 3.63) is 18.0 Å². The molecule has 0 bridgehead atoms. The summed E-state index contributed by atoms with van der Waals surface area (Å²) in [4.78, 5) is 23.0. The number of aromatic nitrogens is 4. The minimum Gasteiger partial charge on any atom is -0.348 e. The van der Waals surface area contributed by atoms with Crippen molar-refractivity contribution in [2.75, 3.05) is 13.1 Å². The van der Waals surface area contributed by atoms with E-state index in [-0.39, 0.29) is 0 Å². The number of aromatic amines is 1. The van der Waals surface area contributed by atoms with Crippen molar-refractivity contribution < 1.29 is 9.59 Å². The van der Waals surface area contributed by atoms with E-state index < -0.39 is 11.8 Å². The van der Waals surface area contributed by atoms with Crippen LogP contribution in [-0.2, 0) is 16.0 Å². The van der Waals surface area contributed by atoms with Crippen molar-refractivity contribution >= 4 is 11.8 Å². The first-order valence-corrected chi connectivity index (χ1v) is 10.2. The number of tetrazole rings is 1. The second kappa shape index (κ2) is 16.0. The molecule has 8 heteroatoms. The number of carbonyl (C=O) groups excluding carboxylic acids is 2. The summed E-state index contributed by atoms with van der Waals surface area (Å²) < 4.78 is 0. The zero-order chi connectivity index (χ0) is 19.6. The number of unbranched alkanes of at least 4 members (excludes halogenated alkanes) is 7. The van der Waals surface area contributed by atoms with Crippen LogP contribution in [0.4, 0.5) is 0 Å². The topological polar surface area (TPSA) is 113 Å². The van der Waals surface area contributed by atoms with E-state index >= 15 is 0 Å². The smallest absolute Gasteiger partial charge is 0.309 e. The Balaban J connectivity index is 1.84. The molecule has 1 aromatic rings. The summed E-state index contributed by atoms with van der Waals surface area (Å²) in [6, 6.07) is 0. The van der Waals surface area contributed by atoms with E-state index in [1.54, 1.807) is 0 Å². The van der Waals surface area contributed by atoms with Gasteiger partial charge >= 0.3 is 11.8 Å². The van der Waals surface area contributed by atoms with Crippen molar-refractivity contribution in [3.8, 4) is 0 Å². The number of hydrogen-bond donors (Lipinski definition) is 3. The van der Waals surface area contributed by atoms with Gasteiger partial charge < -0.3 is 10.6 Å². The van der Waals surface area contributed by atoms with Crippen LogP contribution < -0.4 is 10.6 Å². The van der Waals surface area contributed by atoms with Crippen molar-refractivity contribution in [3.63, 3.8) is 0 Å². The van der Waals surface area contributed by atoms with Crippen LogP contribution in [0, 0.1) is 0 Å². The molecule has 0 saturated heterocycles. The van der Waals surface area contributed by atoms with Crippen molar-refractivity contribution in [2.45, 2.75) is 77.6 Å². The molecule has 0 aliphatic heterocycles. The largest absolute Gasteiger partial charge is 0.348 e. The Morgan fingerprint density at radius 1 is 0.889 bits per heavy atom. The average molecular weight is 379 g/mol. The lowest BCUT2D eigenvalue weighted by Crippen LogP contribution is -2.40. The van der Waals surface area contributed by atoms with Gasteiger partial charge in [-0.25, -0.2) is 0 Å². The molecule has 0 aromatic carbocycles. The van der Waals surface area contributed by atoms with E-state index in [1.165, 1.54) is 19.3 Å². The second-order valence-corrected chi connectivity index (χ2v) is 6.61. The van der Waals surface area contributed by atoms with Crippen LogP contribution in [0.1, 0.15) is 77.0 Å². The summed E-state index contributed by atoms with van der Waals surface area (Å²) >= 11 is 0. The Kier molecular flexibility index (Phi) is 13.5. The SMILES string of the molecule is CCCCNC(=O)C(=O)NCCCC/C=C\CCCCCCc1nn[nH]n1. The van der Waals surface area contributed by atoms with Gasteiger partial charge in [-0.2, -0.15) is 5.21 Å². The molecule has 8 nitrogen and oxygen atoms in total. The van der Waals surface area contributed by atoms with Gasteiger partial charge in [0.15, 0.2) is 5.82 Å². The quantitative estimate of drug-likeness (QED) is 0.246. The highest BCUT2D eigenvalue weighted by Gasteiger charge is 2.10. The molecule has 0 fully saturated rings. The maximum atomic E-state index is 11.5. The van der Waals surface area contributed by atoms with Gasteiger partial charge in [0, 0.05) is 19.5 Å². The Morgan fingerprint density at radius 3 is 2.15 bits per heavy atom. The lowest BCUT2D eigenvalue weighted by atomic mass is 10.1. The first-order valence-electron chi connectivity index (χ1n) is 10.2. The van der Waals surface area contributed by atoms with Crippen molar-refractivity contribution in [1.82, 2.24) is 31.3 Å². The van der Waals surface area contributed by atoms with E-state index in [0.717, 1.165) is 57.2 Å². The Morgan fingerprint density at radius 2 is 1.52 bits per heavy atom. The average Bonchev–Trinajstić information content (AvgIpc) is 3.18. The van der Waals surface area contributed by atoms with Crippen LogP contribution >= 0.6 is 0 Å². The number of allylic oxidation sites excluding steroid dienone is 2. The predicted molar refractivity (Wildman–Crippen MR) is 105 cm³/mol. The molecule has 0 saturated carbocycles. The number of hydrogen-bond acceptors (Lipinski definition) is 5. The van der Waals surface area contributed by atoms with Crippen LogP contribution in [0.2, 0.25) is 0 Å². The monoisotopic (exact) mass is 378 g/mol. The van der Waals surface area contributed by atoms with Gasteiger partial charge in [0.2, 0.25) is 0 Å². The van der Waals surface area contributed by atoms with Crippen molar-refractivity contribution in [1.29, 1.82) is 0 Å². The standard InChI is InChI=1S/C19H34N6O2/c1-2-3-15-20-18(26)19(27)21-16-13-11-9-7-5-4-6-8-10-12-14-17-22-24-25-23-17/h5,7H,2-4,6,8-16H2,1H3,(H,20,26)(H,21,27)(H,22,23,24,25)/b7-5-. The third kappa shape index (κ3) is 12.7. The number of H-pyrrole nitrogens is 1. The molecule has 152 valence electrons. The molecular weight excluding hydrogens is 344 g/mol. The Bertz CT molecular complexity index is 530. The van der Waals surface area contributed by atoms with E-state index in [0.29, 0.717) is 13.1 Å². The van der Waals surface area contributed by atoms with Gasteiger partial charge in [0.1, 0.15) is 0 Å². The minimum absolute atomic E-state index is 0.527. The highest BCUT2D eigenvalue weighted by atomic mass is 16.2. The third-order valence-electron chi connectivity index (χ3n) is 4.18. The maximum Gasteiger partial charge on any atom is 0.309 e. The molecule has 1 heterocycles. The zero-order valence-corrected chi connectivity index (χ0v) is 16.5. The van der Waals surface area contributed by atoms with Crippen LogP contribution in [-0.4, -0.2) is 45.5 Å². The lowest BCUT2D eigenvalue weighted by molar-refractivity contribution is -0.139. The number of nitrogens with one attached hydrogen (secondary N) is 3. The molecule has 0 aliphatic carbocycles. The van der Waals surface area contributed by atoms with E-state index in [4.69, 9.17) is 0 Å². The third-order valence-corrected chi connectivity index (χ3v) is 4.18. The van der Waals surface area contributed by atoms with E-state index in [2.05, 4.69) is 43.4 Å². The summed E-state index contributed by atoms with van der Waals surface area (Å²) in [6.45, 7) is 3.15. The van der Waals surface area contributed by atoms with Crippen LogP contribution in [0.15, 0.2) is 12.2 Å². The van der Waals surface area contributed by atoms with Gasteiger partial charge in [-0.05, 0) is 44.9 Å². The number of carbonyl (C=O) groups is 2. The number of rotatable bonds is 15. The van der Waals surface area contributed by atoms with Gasteiger partial charge in [0.25, 0.3) is 0 Å². The predicted octanol–water partition coefficient (Wildman–Crippen LogP) is 2.45. The van der Waals surface area contributed by atoms with E-state index in [9.17, 15) is 9.59 Å². The van der Waals surface area contributed by atoms with E-state index in [1.807, 2.05) is 6.92 Å².